The van der Waals surface area contributed by atoms with E-state index in [-0.39, 0.29) is 22.5 Å². The van der Waals surface area contributed by atoms with Crippen molar-refractivity contribution in [1.82, 2.24) is 0 Å². The Labute approximate surface area is 551 Å². The molecule has 14 aromatic carbocycles. The standard InChI is InChI=1S/C89H66F2N2O2/c1-87(2,3)63-35-47-71(48-36-63)92(69-43-27-57(28-44-69)61-25-23-55-15-7-9-17-59(55)51-61)77-53-75-83(85-81(77)73-19-11-13-21-79(73)94-85)84-76(89(75,65-31-39-67(90)40-32-65)66-33-41-68(91)42-34-66)54-78(82-74-20-12-14-22-80(74)95-86(82)84)93(72-49-37-64(38-50-72)88(4,5)6)70-45-29-58(30-46-70)62-26-24-56-16-8-10-18-60(56)52-62/h7-54H,1-6H3. The van der Waals surface area contributed by atoms with E-state index in [0.29, 0.717) is 22.3 Å². The van der Waals surface area contributed by atoms with E-state index in [1.165, 1.54) is 32.7 Å². The van der Waals surface area contributed by atoms with Gasteiger partial charge in [-0.15, -0.1) is 0 Å². The van der Waals surface area contributed by atoms with Crippen molar-refractivity contribution in [2.75, 3.05) is 9.80 Å². The largest absolute Gasteiger partial charge is 0.455 e. The number of benzene rings is 14. The molecule has 1 aliphatic rings. The van der Waals surface area contributed by atoms with Crippen LogP contribution in [0.4, 0.5) is 42.9 Å². The predicted molar refractivity (Wildman–Crippen MR) is 391 cm³/mol. The number of anilines is 6. The van der Waals surface area contributed by atoms with Crippen LogP contribution in [-0.2, 0) is 16.2 Å². The third kappa shape index (κ3) is 9.44. The van der Waals surface area contributed by atoms with Crippen molar-refractivity contribution in [1.29, 1.82) is 0 Å². The fraction of sp³-hybridized carbons (Fsp3) is 0.101. The molecular weight excluding hydrogens is 1170 g/mol. The SMILES string of the molecule is CC(C)(C)c1ccc(N(c2ccc(-c3ccc4ccccc4c3)cc2)c2cc3c(c4oc5ccccc5c24)-c2c(cc(N(c4ccc(-c5ccc6ccccc6c5)cc4)c4ccc(C(C)(C)C)cc4)c4c2oc2ccccc24)C3(c2ccc(F)cc2)c2ccc(F)cc2)cc1. The van der Waals surface area contributed by atoms with Crippen LogP contribution in [0.15, 0.2) is 300 Å². The number of para-hydroxylation sites is 2. The zero-order chi connectivity index (χ0) is 64.5. The molecule has 2 aromatic heterocycles. The molecule has 0 aliphatic heterocycles. The van der Waals surface area contributed by atoms with Gasteiger partial charge in [-0.05, 0) is 197 Å². The summed E-state index contributed by atoms with van der Waals surface area (Å²) in [7, 11) is 0. The molecular formula is C89H66F2N2O2. The van der Waals surface area contributed by atoms with Crippen molar-refractivity contribution in [3.63, 3.8) is 0 Å². The van der Waals surface area contributed by atoms with Gasteiger partial charge in [0.2, 0.25) is 0 Å². The molecule has 2 heterocycles. The van der Waals surface area contributed by atoms with E-state index >= 15 is 8.78 Å². The number of hydrogen-bond donors (Lipinski definition) is 0. The molecule has 0 fully saturated rings. The zero-order valence-corrected chi connectivity index (χ0v) is 53.7. The van der Waals surface area contributed by atoms with Gasteiger partial charge in [0.1, 0.15) is 34.0 Å². The Bertz CT molecular complexity index is 5320. The molecule has 0 amide bonds. The summed E-state index contributed by atoms with van der Waals surface area (Å²) in [6.45, 7) is 13.4. The lowest BCUT2D eigenvalue weighted by Crippen LogP contribution is -2.29. The summed E-state index contributed by atoms with van der Waals surface area (Å²) in [6, 6.07) is 101. The first-order valence-electron chi connectivity index (χ1n) is 32.7. The molecule has 0 radical (unpaired) electrons. The smallest absolute Gasteiger partial charge is 0.145 e. The highest BCUT2D eigenvalue weighted by atomic mass is 19.1. The number of rotatable bonds is 10. The van der Waals surface area contributed by atoms with Gasteiger partial charge in [0.05, 0.1) is 27.6 Å². The van der Waals surface area contributed by atoms with Crippen LogP contribution in [0.2, 0.25) is 0 Å². The zero-order valence-electron chi connectivity index (χ0n) is 53.7. The van der Waals surface area contributed by atoms with Crippen LogP contribution in [0.3, 0.4) is 0 Å². The van der Waals surface area contributed by atoms with Crippen LogP contribution in [-0.4, -0.2) is 0 Å². The van der Waals surface area contributed by atoms with Crippen molar-refractivity contribution in [3.8, 4) is 33.4 Å². The van der Waals surface area contributed by atoms with Gasteiger partial charge >= 0.3 is 0 Å². The molecule has 6 heteroatoms. The highest BCUT2D eigenvalue weighted by Crippen LogP contribution is 2.64. The molecule has 1 aliphatic carbocycles. The number of fused-ring (bicyclic) bond motifs is 13. The average molecular weight is 1230 g/mol. The maximum absolute atomic E-state index is 16.0. The van der Waals surface area contributed by atoms with E-state index in [4.69, 9.17) is 8.83 Å². The molecule has 16 aromatic rings. The monoisotopic (exact) mass is 1230 g/mol. The molecule has 0 unspecified atom stereocenters. The second kappa shape index (κ2) is 21.9. The minimum atomic E-state index is -1.29. The number of halogens is 2. The van der Waals surface area contributed by atoms with Gasteiger partial charge < -0.3 is 18.6 Å². The highest BCUT2D eigenvalue weighted by Gasteiger charge is 2.51. The lowest BCUT2D eigenvalue weighted by atomic mass is 9.67. The fourth-order valence-corrected chi connectivity index (χ4v) is 15.0. The van der Waals surface area contributed by atoms with Gasteiger partial charge in [-0.25, -0.2) is 8.78 Å². The average Bonchev–Trinajstić information content (AvgIpc) is 1.51. The third-order valence-corrected chi connectivity index (χ3v) is 19.8. The van der Waals surface area contributed by atoms with Crippen molar-refractivity contribution in [3.05, 3.63) is 336 Å². The molecule has 0 atom stereocenters. The number of furan rings is 2. The number of nitrogens with zero attached hydrogens (tertiary/aromatic N) is 2. The summed E-state index contributed by atoms with van der Waals surface area (Å²) in [5, 5.41) is 8.39. The van der Waals surface area contributed by atoms with Crippen LogP contribution in [0.1, 0.15) is 74.9 Å². The van der Waals surface area contributed by atoms with E-state index in [0.717, 1.165) is 111 Å². The highest BCUT2D eigenvalue weighted by molar-refractivity contribution is 6.25. The second-order valence-corrected chi connectivity index (χ2v) is 27.5. The molecule has 17 rings (SSSR count). The Hall–Kier alpha value is -11.3. The van der Waals surface area contributed by atoms with Gasteiger partial charge in [-0.1, -0.05) is 224 Å². The maximum atomic E-state index is 16.0. The molecule has 0 saturated carbocycles. The Kier molecular flexibility index (Phi) is 13.3. The van der Waals surface area contributed by atoms with Crippen LogP contribution in [0, 0.1) is 11.6 Å². The molecule has 0 saturated heterocycles. The van der Waals surface area contributed by atoms with E-state index in [1.807, 2.05) is 48.5 Å². The van der Waals surface area contributed by atoms with Crippen LogP contribution in [0.5, 0.6) is 0 Å². The van der Waals surface area contributed by atoms with Crippen LogP contribution in [0.25, 0.3) is 98.8 Å². The summed E-state index contributed by atoms with van der Waals surface area (Å²) in [4.78, 5) is 4.72. The lowest BCUT2D eigenvalue weighted by Gasteiger charge is -2.36. The summed E-state index contributed by atoms with van der Waals surface area (Å²) >= 11 is 0. The van der Waals surface area contributed by atoms with Crippen LogP contribution >= 0.6 is 0 Å². The van der Waals surface area contributed by atoms with Crippen molar-refractivity contribution < 1.29 is 17.6 Å². The van der Waals surface area contributed by atoms with Crippen molar-refractivity contribution >= 4 is 99.5 Å². The van der Waals surface area contributed by atoms with Crippen molar-refractivity contribution in [2.24, 2.45) is 0 Å². The second-order valence-electron chi connectivity index (χ2n) is 27.5. The molecule has 0 bridgehead atoms. The Morgan fingerprint density at radius 2 is 0.642 bits per heavy atom. The maximum Gasteiger partial charge on any atom is 0.145 e. The van der Waals surface area contributed by atoms with Crippen LogP contribution < -0.4 is 9.80 Å². The van der Waals surface area contributed by atoms with E-state index in [2.05, 4.69) is 270 Å². The van der Waals surface area contributed by atoms with E-state index in [1.54, 1.807) is 24.3 Å². The molecule has 4 nitrogen and oxygen atoms in total. The predicted octanol–water partition coefficient (Wildman–Crippen LogP) is 25.3. The van der Waals surface area contributed by atoms with E-state index in [9.17, 15) is 0 Å². The molecule has 458 valence electrons. The summed E-state index contributed by atoms with van der Waals surface area (Å²) in [5.41, 5.74) is 18.4. The quantitative estimate of drug-likeness (QED) is 0.137. The Morgan fingerprint density at radius 1 is 0.316 bits per heavy atom. The molecule has 95 heavy (non-hydrogen) atoms. The fourth-order valence-electron chi connectivity index (χ4n) is 15.0. The normalized spacial score (nSPS) is 12.9. The van der Waals surface area contributed by atoms with E-state index < -0.39 is 5.41 Å². The topological polar surface area (TPSA) is 32.8 Å². The summed E-state index contributed by atoms with van der Waals surface area (Å²) in [6.07, 6.45) is 0. The van der Waals surface area contributed by atoms with Gasteiger partial charge in [0.15, 0.2) is 0 Å². The van der Waals surface area contributed by atoms with Gasteiger partial charge in [-0.3, -0.25) is 0 Å². The van der Waals surface area contributed by atoms with Gasteiger partial charge in [0, 0.05) is 44.6 Å². The minimum Gasteiger partial charge on any atom is -0.455 e. The first-order valence-corrected chi connectivity index (χ1v) is 32.7. The first-order chi connectivity index (χ1) is 46.1. The lowest BCUT2D eigenvalue weighted by molar-refractivity contribution is 0.590. The van der Waals surface area contributed by atoms with Gasteiger partial charge in [-0.2, -0.15) is 0 Å². The van der Waals surface area contributed by atoms with Gasteiger partial charge in [0.25, 0.3) is 0 Å². The van der Waals surface area contributed by atoms with Crippen molar-refractivity contribution in [2.45, 2.75) is 57.8 Å². The Balaban J connectivity index is 0.988. The Morgan fingerprint density at radius 3 is 1.01 bits per heavy atom. The number of hydrogen-bond acceptors (Lipinski definition) is 4. The molecule has 0 spiro atoms. The summed E-state index contributed by atoms with van der Waals surface area (Å²) in [5.74, 6) is -0.755. The third-order valence-electron chi connectivity index (χ3n) is 19.8. The molecule has 0 N–H and O–H groups in total. The first kappa shape index (κ1) is 57.6. The summed E-state index contributed by atoms with van der Waals surface area (Å²) < 4.78 is 47.1. The minimum absolute atomic E-state index is 0.115.